The van der Waals surface area contributed by atoms with Gasteiger partial charge in [0.15, 0.2) is 0 Å². The molecule has 0 amide bonds. The Morgan fingerprint density at radius 1 is 0.293 bits per heavy atom. The van der Waals surface area contributed by atoms with E-state index in [9.17, 15) is 0 Å². The van der Waals surface area contributed by atoms with E-state index in [0.29, 0.717) is 0 Å². The number of hydrogen-bond donors (Lipinski definition) is 0. The predicted octanol–water partition coefficient (Wildman–Crippen LogP) is 15.4. The van der Waals surface area contributed by atoms with E-state index in [1.54, 1.807) is 0 Å². The van der Waals surface area contributed by atoms with E-state index in [1.165, 1.54) is 89.0 Å². The molecule has 0 radical (unpaired) electrons. The Labute approximate surface area is 343 Å². The molecule has 0 bridgehead atoms. The molecule has 0 spiro atoms. The number of hydrogen-bond acceptors (Lipinski definition) is 1. The first-order valence-electron chi connectivity index (χ1n) is 20.8. The van der Waals surface area contributed by atoms with Crippen LogP contribution in [0.2, 0.25) is 0 Å². The Balaban J connectivity index is 1.19. The maximum absolute atomic E-state index is 2.55. The van der Waals surface area contributed by atoms with Crippen molar-refractivity contribution in [1.82, 2.24) is 0 Å². The van der Waals surface area contributed by atoms with Crippen molar-refractivity contribution in [1.29, 1.82) is 0 Å². The molecule has 0 aliphatic heterocycles. The molecule has 58 heavy (non-hydrogen) atoms. The lowest BCUT2D eigenvalue weighted by atomic mass is 9.78. The van der Waals surface area contributed by atoms with Crippen LogP contribution in [-0.2, 0) is 16.2 Å². The number of para-hydroxylation sites is 2. The van der Waals surface area contributed by atoms with Crippen molar-refractivity contribution in [3.63, 3.8) is 0 Å². The van der Waals surface area contributed by atoms with E-state index in [4.69, 9.17) is 0 Å². The van der Waals surface area contributed by atoms with Crippen molar-refractivity contribution in [2.75, 3.05) is 4.90 Å². The fourth-order valence-electron chi connectivity index (χ4n) is 11.1. The van der Waals surface area contributed by atoms with E-state index < -0.39 is 0 Å². The van der Waals surface area contributed by atoms with Crippen LogP contribution in [0, 0.1) is 0 Å². The van der Waals surface area contributed by atoms with Gasteiger partial charge in [0.1, 0.15) is 0 Å². The van der Waals surface area contributed by atoms with Gasteiger partial charge in [0.05, 0.1) is 11.4 Å². The number of rotatable bonds is 5. The third-order valence-electron chi connectivity index (χ3n) is 13.9. The van der Waals surface area contributed by atoms with Crippen molar-refractivity contribution >= 4 is 17.1 Å². The fourth-order valence-corrected chi connectivity index (χ4v) is 11.1. The number of benzene rings is 8. The summed E-state index contributed by atoms with van der Waals surface area (Å²) in [5.74, 6) is 0. The van der Waals surface area contributed by atoms with Gasteiger partial charge in [-0.05, 0) is 102 Å². The van der Waals surface area contributed by atoms with Crippen LogP contribution in [0.25, 0.3) is 55.6 Å². The molecule has 0 saturated carbocycles. The van der Waals surface area contributed by atoms with Crippen molar-refractivity contribution in [3.8, 4) is 55.6 Å². The minimum atomic E-state index is -0.161. The van der Waals surface area contributed by atoms with E-state index >= 15 is 0 Å². The normalized spacial score (nSPS) is 15.5. The van der Waals surface area contributed by atoms with Crippen LogP contribution >= 0.6 is 0 Å². The molecule has 3 aliphatic carbocycles. The molecule has 0 saturated heterocycles. The number of anilines is 3. The van der Waals surface area contributed by atoms with Crippen LogP contribution < -0.4 is 4.90 Å². The van der Waals surface area contributed by atoms with Gasteiger partial charge in [-0.1, -0.05) is 193 Å². The zero-order valence-electron chi connectivity index (χ0n) is 34.2. The minimum Gasteiger partial charge on any atom is -0.309 e. The number of nitrogens with zero attached hydrogens (tertiary/aromatic N) is 1. The highest BCUT2D eigenvalue weighted by molar-refractivity contribution is 6.01. The van der Waals surface area contributed by atoms with Crippen molar-refractivity contribution in [3.05, 3.63) is 209 Å². The third-order valence-corrected chi connectivity index (χ3v) is 13.9. The second-order valence-electron chi connectivity index (χ2n) is 18.1. The van der Waals surface area contributed by atoms with Crippen LogP contribution in [0.4, 0.5) is 17.1 Å². The monoisotopic (exact) mass is 745 g/mol. The summed E-state index contributed by atoms with van der Waals surface area (Å²) in [6, 6.07) is 66.2. The summed E-state index contributed by atoms with van der Waals surface area (Å²) in [7, 11) is 0. The number of fused-ring (bicyclic) bond motifs is 9. The molecule has 8 aromatic rings. The standard InChI is InChI=1S/C57H47N/c1-55(2)46-27-12-8-20-38(46)45-35-36(33-34-49(45)55)58(51-31-15-10-21-39(51)41-24-18-30-50-53(41)44-23-9-14-29-48(44)56(50,3)4)52-32-16-11-22-40(52)43-26-17-25-42-37-19-7-13-28-47(37)57(5,6)54(42)43/h7-35H,1-6H3. The molecular formula is C57H47N. The highest BCUT2D eigenvalue weighted by Crippen LogP contribution is 2.57. The molecule has 0 fully saturated rings. The maximum atomic E-state index is 2.55. The Morgan fingerprint density at radius 2 is 0.690 bits per heavy atom. The molecular weight excluding hydrogens is 699 g/mol. The average Bonchev–Trinajstić information content (AvgIpc) is 3.74. The quantitative estimate of drug-likeness (QED) is 0.170. The summed E-state index contributed by atoms with van der Waals surface area (Å²) < 4.78 is 0. The van der Waals surface area contributed by atoms with Crippen molar-refractivity contribution in [2.24, 2.45) is 0 Å². The van der Waals surface area contributed by atoms with Crippen LogP contribution in [0.5, 0.6) is 0 Å². The molecule has 0 atom stereocenters. The highest BCUT2D eigenvalue weighted by atomic mass is 15.1. The van der Waals surface area contributed by atoms with Crippen LogP contribution in [0.15, 0.2) is 176 Å². The summed E-state index contributed by atoms with van der Waals surface area (Å²) in [5, 5.41) is 0. The molecule has 3 aliphatic rings. The van der Waals surface area contributed by atoms with E-state index in [0.717, 1.165) is 17.1 Å². The summed E-state index contributed by atoms with van der Waals surface area (Å²) in [4.78, 5) is 2.55. The topological polar surface area (TPSA) is 3.24 Å². The van der Waals surface area contributed by atoms with E-state index in [2.05, 4.69) is 222 Å². The van der Waals surface area contributed by atoms with E-state index in [-0.39, 0.29) is 16.2 Å². The van der Waals surface area contributed by atoms with Crippen molar-refractivity contribution < 1.29 is 0 Å². The average molecular weight is 746 g/mol. The lowest BCUT2D eigenvalue weighted by Crippen LogP contribution is -2.18. The largest absolute Gasteiger partial charge is 0.309 e. The first-order valence-corrected chi connectivity index (χ1v) is 20.8. The van der Waals surface area contributed by atoms with Crippen LogP contribution in [0.3, 0.4) is 0 Å². The maximum Gasteiger partial charge on any atom is 0.0540 e. The van der Waals surface area contributed by atoms with Crippen molar-refractivity contribution in [2.45, 2.75) is 57.8 Å². The Morgan fingerprint density at radius 3 is 1.34 bits per heavy atom. The molecule has 0 aromatic heterocycles. The first kappa shape index (κ1) is 34.8. The summed E-state index contributed by atoms with van der Waals surface area (Å²) in [6.45, 7) is 14.3. The lowest BCUT2D eigenvalue weighted by Gasteiger charge is -2.32. The van der Waals surface area contributed by atoms with Gasteiger partial charge in [-0.15, -0.1) is 0 Å². The summed E-state index contributed by atoms with van der Waals surface area (Å²) in [6.07, 6.45) is 0. The molecule has 0 N–H and O–H groups in total. The van der Waals surface area contributed by atoms with E-state index in [1.807, 2.05) is 0 Å². The molecule has 1 nitrogen and oxygen atoms in total. The van der Waals surface area contributed by atoms with Gasteiger partial charge < -0.3 is 4.90 Å². The van der Waals surface area contributed by atoms with Gasteiger partial charge in [0.25, 0.3) is 0 Å². The van der Waals surface area contributed by atoms with Gasteiger partial charge >= 0.3 is 0 Å². The van der Waals surface area contributed by atoms with Gasteiger partial charge in [-0.25, -0.2) is 0 Å². The predicted molar refractivity (Wildman–Crippen MR) is 245 cm³/mol. The van der Waals surface area contributed by atoms with Gasteiger partial charge in [-0.3, -0.25) is 0 Å². The highest BCUT2D eigenvalue weighted by Gasteiger charge is 2.40. The van der Waals surface area contributed by atoms with Crippen LogP contribution in [0.1, 0.15) is 74.9 Å². The van der Waals surface area contributed by atoms with Gasteiger partial charge in [0, 0.05) is 33.1 Å². The molecule has 280 valence electrons. The van der Waals surface area contributed by atoms with Gasteiger partial charge in [0.2, 0.25) is 0 Å². The molecule has 0 unspecified atom stereocenters. The van der Waals surface area contributed by atoms with Gasteiger partial charge in [-0.2, -0.15) is 0 Å². The Kier molecular flexibility index (Phi) is 7.36. The molecule has 0 heterocycles. The second kappa shape index (κ2) is 12.3. The molecule has 8 aromatic carbocycles. The zero-order valence-corrected chi connectivity index (χ0v) is 34.2. The van der Waals surface area contributed by atoms with Crippen LogP contribution in [-0.4, -0.2) is 0 Å². The lowest BCUT2D eigenvalue weighted by molar-refractivity contribution is 0.660. The summed E-state index contributed by atoms with van der Waals surface area (Å²) in [5.41, 5.74) is 24.4. The SMILES string of the molecule is CC1(C)c2ccccc2-c2cc(N(c3ccccc3-c3cccc4c3-c3ccccc3C4(C)C)c3ccccc3-c3cccc4c3C(C)(C)c3ccccc3-4)ccc21. The minimum absolute atomic E-state index is 0.0823. The zero-order chi connectivity index (χ0) is 39.6. The molecule has 1 heteroatoms. The first-order chi connectivity index (χ1) is 28.1. The third kappa shape index (κ3) is 4.71. The fraction of sp³-hybridized carbons (Fsp3) is 0.158. The summed E-state index contributed by atoms with van der Waals surface area (Å²) >= 11 is 0. The smallest absolute Gasteiger partial charge is 0.0540 e. The Bertz CT molecular complexity index is 2990. The Hall–Kier alpha value is -6.44. The second-order valence-corrected chi connectivity index (χ2v) is 18.1. The molecule has 11 rings (SSSR count).